The van der Waals surface area contributed by atoms with Gasteiger partial charge in [0, 0.05) is 11.8 Å². The predicted molar refractivity (Wildman–Crippen MR) is 84.1 cm³/mol. The number of alkyl halides is 1. The zero-order valence-electron chi connectivity index (χ0n) is 11.9. The van der Waals surface area contributed by atoms with Crippen LogP contribution in [0.3, 0.4) is 0 Å². The van der Waals surface area contributed by atoms with Crippen LogP contribution in [-0.4, -0.2) is 29.5 Å². The van der Waals surface area contributed by atoms with E-state index in [1.54, 1.807) is 11.3 Å². The van der Waals surface area contributed by atoms with Crippen molar-refractivity contribution in [2.45, 2.75) is 51.3 Å². The van der Waals surface area contributed by atoms with Gasteiger partial charge in [0.1, 0.15) is 0 Å². The van der Waals surface area contributed by atoms with Crippen LogP contribution in [0.2, 0.25) is 0 Å². The molecule has 0 bridgehead atoms. The Hall–Kier alpha value is -0.120. The molecule has 19 heavy (non-hydrogen) atoms. The predicted octanol–water partition coefficient (Wildman–Crippen LogP) is 4.33. The molecule has 1 aromatic heterocycles. The molecule has 0 amide bonds. The third kappa shape index (κ3) is 5.05. The van der Waals surface area contributed by atoms with Gasteiger partial charge in [-0.3, -0.25) is 0 Å². The highest BCUT2D eigenvalue weighted by atomic mass is 35.5. The number of hydrogen-bond donors (Lipinski definition) is 0. The second kappa shape index (κ2) is 8.23. The van der Waals surface area contributed by atoms with Crippen LogP contribution in [0.5, 0.6) is 0 Å². The van der Waals surface area contributed by atoms with Gasteiger partial charge in [-0.25, -0.2) is 4.98 Å². The molecule has 2 nitrogen and oxygen atoms in total. The Morgan fingerprint density at radius 1 is 1.42 bits per heavy atom. The average molecular weight is 301 g/mol. The molecule has 4 heteroatoms. The first-order valence-electron chi connectivity index (χ1n) is 7.53. The molecule has 0 N–H and O–H groups in total. The summed E-state index contributed by atoms with van der Waals surface area (Å²) >= 11 is 7.52. The standard InChI is InChI=1S/C15H25ClN2S/c1-2-4-13-6-9-18(10-7-13)8-3-5-15-17-14(11-16)12-19-15/h12-13H,2-11H2,1H3. The van der Waals surface area contributed by atoms with Crippen molar-refractivity contribution >= 4 is 22.9 Å². The van der Waals surface area contributed by atoms with Crippen LogP contribution >= 0.6 is 22.9 Å². The Morgan fingerprint density at radius 2 is 2.21 bits per heavy atom. The van der Waals surface area contributed by atoms with Crippen molar-refractivity contribution in [3.63, 3.8) is 0 Å². The van der Waals surface area contributed by atoms with Crippen molar-refractivity contribution in [3.8, 4) is 0 Å². The SMILES string of the molecule is CCCC1CCN(CCCc2nc(CCl)cs2)CC1. The van der Waals surface area contributed by atoms with Crippen LogP contribution in [0.15, 0.2) is 5.38 Å². The fourth-order valence-electron chi connectivity index (χ4n) is 2.89. The monoisotopic (exact) mass is 300 g/mol. The van der Waals surface area contributed by atoms with E-state index in [9.17, 15) is 0 Å². The van der Waals surface area contributed by atoms with Crippen LogP contribution in [0.1, 0.15) is 49.7 Å². The largest absolute Gasteiger partial charge is 0.303 e. The maximum absolute atomic E-state index is 5.77. The third-order valence-corrected chi connectivity index (χ3v) is 5.24. The van der Waals surface area contributed by atoms with Gasteiger partial charge in [0.25, 0.3) is 0 Å². The van der Waals surface area contributed by atoms with Crippen molar-refractivity contribution < 1.29 is 0 Å². The third-order valence-electron chi connectivity index (χ3n) is 4.01. The van der Waals surface area contributed by atoms with Crippen molar-refractivity contribution in [3.05, 3.63) is 16.1 Å². The second-order valence-electron chi connectivity index (χ2n) is 5.54. The molecule has 0 aromatic carbocycles. The normalized spacial score (nSPS) is 18.0. The number of nitrogens with zero attached hydrogens (tertiary/aromatic N) is 2. The van der Waals surface area contributed by atoms with Gasteiger partial charge in [0.2, 0.25) is 0 Å². The molecule has 0 radical (unpaired) electrons. The molecule has 108 valence electrons. The number of rotatable bonds is 7. The summed E-state index contributed by atoms with van der Waals surface area (Å²) in [5, 5.41) is 3.33. The highest BCUT2D eigenvalue weighted by molar-refractivity contribution is 7.09. The Balaban J connectivity index is 1.61. The van der Waals surface area contributed by atoms with Gasteiger partial charge in [0.05, 0.1) is 16.6 Å². The summed E-state index contributed by atoms with van der Waals surface area (Å²) in [5.74, 6) is 1.54. The maximum atomic E-state index is 5.77. The lowest BCUT2D eigenvalue weighted by molar-refractivity contribution is 0.177. The topological polar surface area (TPSA) is 16.1 Å². The molecule has 2 rings (SSSR count). The van der Waals surface area contributed by atoms with E-state index in [2.05, 4.69) is 22.2 Å². The number of thiazole rings is 1. The van der Waals surface area contributed by atoms with E-state index in [1.807, 2.05) is 0 Å². The molecule has 0 aliphatic carbocycles. The van der Waals surface area contributed by atoms with Crippen LogP contribution in [-0.2, 0) is 12.3 Å². The first-order valence-corrected chi connectivity index (χ1v) is 8.94. The number of hydrogen-bond acceptors (Lipinski definition) is 3. The Kier molecular flexibility index (Phi) is 6.62. The molecule has 1 aliphatic rings. The van der Waals surface area contributed by atoms with Crippen LogP contribution in [0, 0.1) is 5.92 Å². The summed E-state index contributed by atoms with van der Waals surface area (Å²) in [6, 6.07) is 0. The molecule has 0 unspecified atom stereocenters. The molecule has 1 aliphatic heterocycles. The highest BCUT2D eigenvalue weighted by Crippen LogP contribution is 2.22. The van der Waals surface area contributed by atoms with Gasteiger partial charge in [-0.05, 0) is 44.8 Å². The van der Waals surface area contributed by atoms with Crippen molar-refractivity contribution in [2.75, 3.05) is 19.6 Å². The van der Waals surface area contributed by atoms with Gasteiger partial charge >= 0.3 is 0 Å². The zero-order valence-corrected chi connectivity index (χ0v) is 13.5. The van der Waals surface area contributed by atoms with Crippen molar-refractivity contribution in [2.24, 2.45) is 5.92 Å². The summed E-state index contributed by atoms with van der Waals surface area (Å²) < 4.78 is 0. The second-order valence-corrected chi connectivity index (χ2v) is 6.75. The molecule has 1 aromatic rings. The quantitative estimate of drug-likeness (QED) is 0.697. The Labute approximate surface area is 126 Å². The number of piperidine rings is 1. The number of aryl methyl sites for hydroxylation is 1. The molecular formula is C15H25ClN2S. The van der Waals surface area contributed by atoms with Crippen molar-refractivity contribution in [1.29, 1.82) is 0 Å². The fraction of sp³-hybridized carbons (Fsp3) is 0.800. The lowest BCUT2D eigenvalue weighted by Gasteiger charge is -2.31. The van der Waals surface area contributed by atoms with Crippen LogP contribution in [0.4, 0.5) is 0 Å². The van der Waals surface area contributed by atoms with E-state index in [4.69, 9.17) is 11.6 Å². The number of likely N-dealkylation sites (tertiary alicyclic amines) is 1. The van der Waals surface area contributed by atoms with E-state index < -0.39 is 0 Å². The van der Waals surface area contributed by atoms with Crippen LogP contribution < -0.4 is 0 Å². The van der Waals surface area contributed by atoms with E-state index in [1.165, 1.54) is 56.7 Å². The number of halogens is 1. The lowest BCUT2D eigenvalue weighted by atomic mass is 9.92. The first-order chi connectivity index (χ1) is 9.31. The summed E-state index contributed by atoms with van der Waals surface area (Å²) in [4.78, 5) is 7.14. The minimum Gasteiger partial charge on any atom is -0.303 e. The van der Waals surface area contributed by atoms with Crippen molar-refractivity contribution in [1.82, 2.24) is 9.88 Å². The summed E-state index contributed by atoms with van der Waals surface area (Å²) in [6.45, 7) is 6.13. The zero-order chi connectivity index (χ0) is 13.5. The van der Waals surface area contributed by atoms with Gasteiger partial charge in [-0.1, -0.05) is 19.8 Å². The summed E-state index contributed by atoms with van der Waals surface area (Å²) in [5.41, 5.74) is 1.03. The average Bonchev–Trinajstić information content (AvgIpc) is 2.89. The van der Waals surface area contributed by atoms with Crippen LogP contribution in [0.25, 0.3) is 0 Å². The first kappa shape index (κ1) is 15.3. The fourth-order valence-corrected chi connectivity index (χ4v) is 3.95. The Bertz CT molecular complexity index is 359. The molecule has 0 spiro atoms. The molecule has 0 atom stereocenters. The van der Waals surface area contributed by atoms with Gasteiger partial charge in [0.15, 0.2) is 0 Å². The molecule has 1 fully saturated rings. The van der Waals surface area contributed by atoms with Gasteiger partial charge in [-0.2, -0.15) is 0 Å². The summed E-state index contributed by atoms with van der Waals surface area (Å²) in [7, 11) is 0. The summed E-state index contributed by atoms with van der Waals surface area (Å²) in [6.07, 6.45) is 7.92. The lowest BCUT2D eigenvalue weighted by Crippen LogP contribution is -2.34. The van der Waals surface area contributed by atoms with E-state index >= 15 is 0 Å². The highest BCUT2D eigenvalue weighted by Gasteiger charge is 2.17. The number of aromatic nitrogens is 1. The molecular weight excluding hydrogens is 276 g/mol. The van der Waals surface area contributed by atoms with E-state index in [0.717, 1.165) is 18.0 Å². The molecule has 2 heterocycles. The molecule has 1 saturated heterocycles. The van der Waals surface area contributed by atoms with Gasteiger partial charge in [-0.15, -0.1) is 22.9 Å². The minimum absolute atomic E-state index is 0.543. The Morgan fingerprint density at radius 3 is 2.84 bits per heavy atom. The minimum atomic E-state index is 0.543. The smallest absolute Gasteiger partial charge is 0.0929 e. The van der Waals surface area contributed by atoms with E-state index in [-0.39, 0.29) is 0 Å². The van der Waals surface area contributed by atoms with E-state index in [0.29, 0.717) is 5.88 Å². The van der Waals surface area contributed by atoms with Gasteiger partial charge < -0.3 is 4.90 Å². The molecule has 0 saturated carbocycles. The maximum Gasteiger partial charge on any atom is 0.0929 e.